The van der Waals surface area contributed by atoms with Gasteiger partial charge in [-0.05, 0) is 42.5 Å². The van der Waals surface area contributed by atoms with Crippen molar-refractivity contribution < 1.29 is 23.1 Å². The third-order valence-electron chi connectivity index (χ3n) is 3.07. The van der Waals surface area contributed by atoms with Gasteiger partial charge in [-0.3, -0.25) is 10.1 Å². The highest BCUT2D eigenvalue weighted by Gasteiger charge is 2.30. The summed E-state index contributed by atoms with van der Waals surface area (Å²) in [5.74, 6) is -0.469. The first-order valence-electron chi connectivity index (χ1n) is 6.41. The van der Waals surface area contributed by atoms with Crippen LogP contribution in [0.25, 0.3) is 10.2 Å². The van der Waals surface area contributed by atoms with Crippen LogP contribution < -0.4 is 5.32 Å². The fourth-order valence-corrected chi connectivity index (χ4v) is 2.84. The average Bonchev–Trinajstić information content (AvgIpc) is 2.87. The number of phenolic OH excluding ortho intramolecular Hbond substituents is 1. The molecule has 3 rings (SSSR count). The molecule has 2 aromatic carbocycles. The van der Waals surface area contributed by atoms with Gasteiger partial charge in [0.05, 0.1) is 15.8 Å². The second-order valence-corrected chi connectivity index (χ2v) is 5.73. The number of hydrogen-bond donors (Lipinski definition) is 2. The second kappa shape index (κ2) is 5.54. The summed E-state index contributed by atoms with van der Waals surface area (Å²) in [7, 11) is 0. The molecule has 0 saturated carbocycles. The number of thiazole rings is 1. The average molecular weight is 338 g/mol. The lowest BCUT2D eigenvalue weighted by Gasteiger charge is -2.07. The standard InChI is InChI=1S/C15H9F3N2O2S/c16-15(17,18)9-3-1-8(2-4-9)13(22)20-14-19-11-6-5-10(21)7-12(11)23-14/h1-7,21H,(H,19,20,22). The zero-order valence-electron chi connectivity index (χ0n) is 11.4. The highest BCUT2D eigenvalue weighted by atomic mass is 32.1. The van der Waals surface area contributed by atoms with Gasteiger partial charge >= 0.3 is 6.18 Å². The zero-order chi connectivity index (χ0) is 16.6. The van der Waals surface area contributed by atoms with E-state index < -0.39 is 17.6 Å². The van der Waals surface area contributed by atoms with Gasteiger partial charge in [0.25, 0.3) is 5.91 Å². The smallest absolute Gasteiger partial charge is 0.416 e. The number of aromatic nitrogens is 1. The van der Waals surface area contributed by atoms with Crippen molar-refractivity contribution in [1.82, 2.24) is 4.98 Å². The highest BCUT2D eigenvalue weighted by molar-refractivity contribution is 7.22. The summed E-state index contributed by atoms with van der Waals surface area (Å²) < 4.78 is 38.2. The van der Waals surface area contributed by atoms with Crippen molar-refractivity contribution in [2.24, 2.45) is 0 Å². The molecule has 1 amide bonds. The molecule has 0 bridgehead atoms. The first-order valence-corrected chi connectivity index (χ1v) is 7.23. The Morgan fingerprint density at radius 3 is 2.48 bits per heavy atom. The molecule has 0 spiro atoms. The molecule has 0 atom stereocenters. The first-order chi connectivity index (χ1) is 10.8. The molecule has 118 valence electrons. The molecule has 0 aliphatic rings. The molecule has 0 unspecified atom stereocenters. The van der Waals surface area contributed by atoms with Crippen molar-refractivity contribution in [2.45, 2.75) is 6.18 Å². The Bertz CT molecular complexity index is 873. The maximum atomic E-state index is 12.5. The van der Waals surface area contributed by atoms with Gasteiger partial charge in [0.1, 0.15) is 5.75 Å². The summed E-state index contributed by atoms with van der Waals surface area (Å²) in [5.41, 5.74) is -0.111. The van der Waals surface area contributed by atoms with E-state index >= 15 is 0 Å². The minimum atomic E-state index is -4.44. The Hall–Kier alpha value is -2.61. The van der Waals surface area contributed by atoms with Crippen LogP contribution in [0.4, 0.5) is 18.3 Å². The van der Waals surface area contributed by atoms with Crippen molar-refractivity contribution in [3.63, 3.8) is 0 Å². The van der Waals surface area contributed by atoms with Gasteiger partial charge < -0.3 is 5.11 Å². The molecular weight excluding hydrogens is 329 g/mol. The van der Waals surface area contributed by atoms with Gasteiger partial charge in [0.15, 0.2) is 5.13 Å². The maximum absolute atomic E-state index is 12.5. The number of rotatable bonds is 2. The summed E-state index contributed by atoms with van der Waals surface area (Å²) in [5, 5.41) is 12.2. The molecule has 0 fully saturated rings. The number of carbonyl (C=O) groups excluding carboxylic acids is 1. The summed E-state index contributed by atoms with van der Waals surface area (Å²) >= 11 is 1.16. The largest absolute Gasteiger partial charge is 0.508 e. The number of alkyl halides is 3. The molecule has 2 N–H and O–H groups in total. The van der Waals surface area contributed by atoms with E-state index in [0.29, 0.717) is 15.3 Å². The molecule has 3 aromatic rings. The maximum Gasteiger partial charge on any atom is 0.416 e. The molecule has 0 aliphatic heterocycles. The van der Waals surface area contributed by atoms with Crippen LogP contribution in [-0.4, -0.2) is 16.0 Å². The molecule has 0 aliphatic carbocycles. The number of halogens is 3. The van der Waals surface area contributed by atoms with Crippen LogP contribution in [0.3, 0.4) is 0 Å². The van der Waals surface area contributed by atoms with E-state index in [1.54, 1.807) is 6.07 Å². The predicted octanol–water partition coefficient (Wildman–Crippen LogP) is 4.27. The van der Waals surface area contributed by atoms with Crippen LogP contribution in [-0.2, 0) is 6.18 Å². The lowest BCUT2D eigenvalue weighted by Crippen LogP contribution is -2.12. The van der Waals surface area contributed by atoms with Crippen LogP contribution in [0.1, 0.15) is 15.9 Å². The SMILES string of the molecule is O=C(Nc1nc2ccc(O)cc2s1)c1ccc(C(F)(F)F)cc1. The van der Waals surface area contributed by atoms with E-state index in [-0.39, 0.29) is 11.3 Å². The van der Waals surface area contributed by atoms with E-state index in [9.17, 15) is 23.1 Å². The van der Waals surface area contributed by atoms with E-state index in [4.69, 9.17) is 0 Å². The molecule has 8 heteroatoms. The van der Waals surface area contributed by atoms with Crippen molar-refractivity contribution in [3.05, 3.63) is 53.6 Å². The number of phenols is 1. The van der Waals surface area contributed by atoms with Crippen molar-refractivity contribution in [2.75, 3.05) is 5.32 Å². The van der Waals surface area contributed by atoms with Gasteiger partial charge in [0, 0.05) is 5.56 Å². The molecular formula is C15H9F3N2O2S. The van der Waals surface area contributed by atoms with Crippen molar-refractivity contribution >= 4 is 32.6 Å². The van der Waals surface area contributed by atoms with Crippen LogP contribution in [0.5, 0.6) is 5.75 Å². The van der Waals surface area contributed by atoms with Gasteiger partial charge in [0.2, 0.25) is 0 Å². The quantitative estimate of drug-likeness (QED) is 0.733. The number of amides is 1. The van der Waals surface area contributed by atoms with E-state index in [0.717, 1.165) is 35.6 Å². The minimum Gasteiger partial charge on any atom is -0.508 e. The first kappa shape index (κ1) is 15.3. The molecule has 0 saturated heterocycles. The molecule has 1 aromatic heterocycles. The fourth-order valence-electron chi connectivity index (χ4n) is 1.95. The Morgan fingerprint density at radius 2 is 1.83 bits per heavy atom. The van der Waals surface area contributed by atoms with Crippen LogP contribution in [0, 0.1) is 0 Å². The fraction of sp³-hybridized carbons (Fsp3) is 0.0667. The number of fused-ring (bicyclic) bond motifs is 1. The number of benzene rings is 2. The third-order valence-corrected chi connectivity index (χ3v) is 4.00. The van der Waals surface area contributed by atoms with E-state index in [2.05, 4.69) is 10.3 Å². The third kappa shape index (κ3) is 3.26. The van der Waals surface area contributed by atoms with Gasteiger partial charge in [-0.15, -0.1) is 0 Å². The van der Waals surface area contributed by atoms with Crippen LogP contribution in [0.2, 0.25) is 0 Å². The number of carbonyl (C=O) groups is 1. The molecule has 1 heterocycles. The molecule has 0 radical (unpaired) electrons. The summed E-state index contributed by atoms with van der Waals surface area (Å²) in [4.78, 5) is 16.2. The number of hydrogen-bond acceptors (Lipinski definition) is 4. The Kier molecular flexibility index (Phi) is 3.69. The van der Waals surface area contributed by atoms with Gasteiger partial charge in [-0.1, -0.05) is 11.3 Å². The highest BCUT2D eigenvalue weighted by Crippen LogP contribution is 2.30. The minimum absolute atomic E-state index is 0.0850. The van der Waals surface area contributed by atoms with Gasteiger partial charge in [-0.2, -0.15) is 13.2 Å². The second-order valence-electron chi connectivity index (χ2n) is 4.70. The Morgan fingerprint density at radius 1 is 1.13 bits per heavy atom. The number of anilines is 1. The number of nitrogens with one attached hydrogen (secondary N) is 1. The summed E-state index contributed by atoms with van der Waals surface area (Å²) in [6.45, 7) is 0. The Labute approximate surface area is 132 Å². The van der Waals surface area contributed by atoms with E-state index in [1.165, 1.54) is 12.1 Å². The zero-order valence-corrected chi connectivity index (χ0v) is 12.2. The predicted molar refractivity (Wildman–Crippen MR) is 80.7 cm³/mol. The van der Waals surface area contributed by atoms with Crippen molar-refractivity contribution in [3.8, 4) is 5.75 Å². The van der Waals surface area contributed by atoms with Crippen LogP contribution in [0.15, 0.2) is 42.5 Å². The molecule has 23 heavy (non-hydrogen) atoms. The van der Waals surface area contributed by atoms with E-state index in [1.807, 2.05) is 0 Å². The molecule has 4 nitrogen and oxygen atoms in total. The summed E-state index contributed by atoms with van der Waals surface area (Å²) in [6.07, 6.45) is -4.44. The van der Waals surface area contributed by atoms with Crippen LogP contribution >= 0.6 is 11.3 Å². The van der Waals surface area contributed by atoms with Crippen molar-refractivity contribution in [1.29, 1.82) is 0 Å². The number of nitrogens with zero attached hydrogens (tertiary/aromatic N) is 1. The Balaban J connectivity index is 1.80. The number of aromatic hydroxyl groups is 1. The topological polar surface area (TPSA) is 62.2 Å². The lowest BCUT2D eigenvalue weighted by molar-refractivity contribution is -0.137. The van der Waals surface area contributed by atoms with Gasteiger partial charge in [-0.25, -0.2) is 4.98 Å². The summed E-state index contributed by atoms with van der Waals surface area (Å²) in [6, 6.07) is 8.52. The normalized spacial score (nSPS) is 11.6. The monoisotopic (exact) mass is 338 g/mol. The lowest BCUT2D eigenvalue weighted by atomic mass is 10.1.